The fourth-order valence-corrected chi connectivity index (χ4v) is 2.30. The molecule has 0 unspecified atom stereocenters. The third kappa shape index (κ3) is 5.28. The monoisotopic (exact) mass is 227 g/mol. The van der Waals surface area contributed by atoms with E-state index in [0.717, 1.165) is 17.8 Å². The zero-order valence-electron chi connectivity index (χ0n) is 9.48. The lowest BCUT2D eigenvalue weighted by Crippen LogP contribution is -1.96. The molecule has 1 rings (SSSR count). The number of rotatable bonds is 8. The Labute approximate surface area is 96.4 Å². The van der Waals surface area contributed by atoms with Crippen LogP contribution in [0.1, 0.15) is 63.0 Å². The molecule has 1 atom stereocenters. The maximum atomic E-state index is 9.76. The standard InChI is InChI=1S/C12H21NOS/c1-2-3-4-5-6-7-8-11(14)12-13-9-10-15-12/h9-11,14H,2-8H2,1H3/t11-/m0/s1. The Balaban J connectivity index is 2.00. The lowest BCUT2D eigenvalue weighted by Gasteiger charge is -2.06. The van der Waals surface area contributed by atoms with E-state index in [-0.39, 0.29) is 6.10 Å². The number of aliphatic hydroxyl groups excluding tert-OH is 1. The zero-order valence-corrected chi connectivity index (χ0v) is 10.3. The smallest absolute Gasteiger partial charge is 0.121 e. The second kappa shape index (κ2) is 7.83. The topological polar surface area (TPSA) is 33.1 Å². The molecule has 1 aromatic heterocycles. The lowest BCUT2D eigenvalue weighted by atomic mass is 10.1. The summed E-state index contributed by atoms with van der Waals surface area (Å²) in [6.07, 6.45) is 9.91. The van der Waals surface area contributed by atoms with Crippen molar-refractivity contribution in [2.45, 2.75) is 58.0 Å². The minimum absolute atomic E-state index is 0.337. The summed E-state index contributed by atoms with van der Waals surface area (Å²) in [4.78, 5) is 4.11. The summed E-state index contributed by atoms with van der Waals surface area (Å²) in [5.74, 6) is 0. The molecule has 0 aliphatic rings. The first-order valence-electron chi connectivity index (χ1n) is 5.92. The van der Waals surface area contributed by atoms with Crippen LogP contribution < -0.4 is 0 Å². The summed E-state index contributed by atoms with van der Waals surface area (Å²) in [7, 11) is 0. The van der Waals surface area contributed by atoms with E-state index in [2.05, 4.69) is 11.9 Å². The van der Waals surface area contributed by atoms with E-state index in [4.69, 9.17) is 0 Å². The van der Waals surface area contributed by atoms with Crippen LogP contribution in [0.3, 0.4) is 0 Å². The second-order valence-electron chi connectivity index (χ2n) is 3.94. The SMILES string of the molecule is CCCCCCCC[C@H](O)c1nccs1. The molecule has 0 aromatic carbocycles. The fraction of sp³-hybridized carbons (Fsp3) is 0.750. The number of hydrogen-bond acceptors (Lipinski definition) is 3. The van der Waals surface area contributed by atoms with Crippen molar-refractivity contribution in [2.24, 2.45) is 0 Å². The highest BCUT2D eigenvalue weighted by Gasteiger charge is 2.08. The van der Waals surface area contributed by atoms with Gasteiger partial charge in [-0.25, -0.2) is 4.98 Å². The molecule has 1 N–H and O–H groups in total. The fourth-order valence-electron chi connectivity index (χ4n) is 1.64. The highest BCUT2D eigenvalue weighted by molar-refractivity contribution is 7.09. The highest BCUT2D eigenvalue weighted by atomic mass is 32.1. The van der Waals surface area contributed by atoms with Gasteiger partial charge in [-0.2, -0.15) is 0 Å². The number of hydrogen-bond donors (Lipinski definition) is 1. The molecule has 1 heterocycles. The summed E-state index contributed by atoms with van der Waals surface area (Å²) >= 11 is 1.54. The number of aliphatic hydroxyl groups is 1. The molecule has 3 heteroatoms. The molecule has 0 amide bonds. The Morgan fingerprint density at radius 2 is 2.00 bits per heavy atom. The first-order chi connectivity index (χ1) is 7.34. The van der Waals surface area contributed by atoms with E-state index in [1.165, 1.54) is 32.1 Å². The molecule has 0 fully saturated rings. The first-order valence-corrected chi connectivity index (χ1v) is 6.80. The minimum atomic E-state index is -0.337. The molecular weight excluding hydrogens is 206 g/mol. The average Bonchev–Trinajstić information content (AvgIpc) is 2.76. The Morgan fingerprint density at radius 1 is 1.27 bits per heavy atom. The van der Waals surface area contributed by atoms with E-state index in [0.29, 0.717) is 0 Å². The van der Waals surface area contributed by atoms with Gasteiger partial charge in [0.2, 0.25) is 0 Å². The molecule has 0 saturated heterocycles. The van der Waals surface area contributed by atoms with Gasteiger partial charge < -0.3 is 5.11 Å². The molecule has 86 valence electrons. The summed E-state index contributed by atoms with van der Waals surface area (Å²) in [6.45, 7) is 2.23. The van der Waals surface area contributed by atoms with Crippen LogP contribution in [0.5, 0.6) is 0 Å². The molecule has 0 radical (unpaired) electrons. The van der Waals surface area contributed by atoms with Gasteiger partial charge in [0.25, 0.3) is 0 Å². The Morgan fingerprint density at radius 3 is 2.67 bits per heavy atom. The maximum Gasteiger partial charge on any atom is 0.121 e. The van der Waals surface area contributed by atoms with Gasteiger partial charge in [0.05, 0.1) is 0 Å². The van der Waals surface area contributed by atoms with Crippen LogP contribution in [0.15, 0.2) is 11.6 Å². The minimum Gasteiger partial charge on any atom is -0.386 e. The predicted molar refractivity (Wildman–Crippen MR) is 65.1 cm³/mol. The summed E-state index contributed by atoms with van der Waals surface area (Å²) < 4.78 is 0. The average molecular weight is 227 g/mol. The van der Waals surface area contributed by atoms with Gasteiger partial charge in [-0.05, 0) is 6.42 Å². The lowest BCUT2D eigenvalue weighted by molar-refractivity contribution is 0.163. The van der Waals surface area contributed by atoms with E-state index < -0.39 is 0 Å². The van der Waals surface area contributed by atoms with Gasteiger partial charge in [-0.15, -0.1) is 11.3 Å². The van der Waals surface area contributed by atoms with E-state index >= 15 is 0 Å². The van der Waals surface area contributed by atoms with Gasteiger partial charge >= 0.3 is 0 Å². The van der Waals surface area contributed by atoms with Crippen molar-refractivity contribution >= 4 is 11.3 Å². The summed E-state index contributed by atoms with van der Waals surface area (Å²) in [6, 6.07) is 0. The van der Waals surface area contributed by atoms with Gasteiger partial charge in [-0.3, -0.25) is 0 Å². The largest absolute Gasteiger partial charge is 0.386 e. The number of aromatic nitrogens is 1. The first kappa shape index (κ1) is 12.7. The van der Waals surface area contributed by atoms with Crippen LogP contribution in [0, 0.1) is 0 Å². The van der Waals surface area contributed by atoms with Crippen molar-refractivity contribution in [2.75, 3.05) is 0 Å². The molecule has 1 aromatic rings. The molecule has 0 saturated carbocycles. The van der Waals surface area contributed by atoms with Gasteiger partial charge in [0.1, 0.15) is 11.1 Å². The van der Waals surface area contributed by atoms with Crippen molar-refractivity contribution in [3.05, 3.63) is 16.6 Å². The van der Waals surface area contributed by atoms with E-state index in [9.17, 15) is 5.11 Å². The molecule has 0 spiro atoms. The highest BCUT2D eigenvalue weighted by Crippen LogP contribution is 2.21. The number of nitrogens with zero attached hydrogens (tertiary/aromatic N) is 1. The predicted octanol–water partition coefficient (Wildman–Crippen LogP) is 3.93. The van der Waals surface area contributed by atoms with Crippen LogP contribution in [-0.2, 0) is 0 Å². The normalized spacial score (nSPS) is 12.9. The third-order valence-electron chi connectivity index (χ3n) is 2.57. The second-order valence-corrected chi connectivity index (χ2v) is 4.87. The van der Waals surface area contributed by atoms with E-state index in [1.54, 1.807) is 17.5 Å². The van der Waals surface area contributed by atoms with Crippen molar-refractivity contribution in [1.29, 1.82) is 0 Å². The van der Waals surface area contributed by atoms with Crippen molar-refractivity contribution < 1.29 is 5.11 Å². The van der Waals surface area contributed by atoms with Crippen LogP contribution in [0.2, 0.25) is 0 Å². The van der Waals surface area contributed by atoms with E-state index in [1.807, 2.05) is 5.38 Å². The van der Waals surface area contributed by atoms with Gasteiger partial charge in [0.15, 0.2) is 0 Å². The van der Waals surface area contributed by atoms with Gasteiger partial charge in [0, 0.05) is 11.6 Å². The Hall–Kier alpha value is -0.410. The van der Waals surface area contributed by atoms with Crippen molar-refractivity contribution in [1.82, 2.24) is 4.98 Å². The molecule has 0 aliphatic carbocycles. The molecule has 0 bridgehead atoms. The van der Waals surface area contributed by atoms with Crippen LogP contribution >= 0.6 is 11.3 Å². The summed E-state index contributed by atoms with van der Waals surface area (Å²) in [5, 5.41) is 12.5. The van der Waals surface area contributed by atoms with Crippen molar-refractivity contribution in [3.63, 3.8) is 0 Å². The van der Waals surface area contributed by atoms with Crippen molar-refractivity contribution in [3.8, 4) is 0 Å². The molecular formula is C12H21NOS. The third-order valence-corrected chi connectivity index (χ3v) is 3.44. The van der Waals surface area contributed by atoms with Crippen LogP contribution in [0.25, 0.3) is 0 Å². The summed E-state index contributed by atoms with van der Waals surface area (Å²) in [5.41, 5.74) is 0. The molecule has 0 aliphatic heterocycles. The number of thiazole rings is 1. The zero-order chi connectivity index (χ0) is 10.9. The molecule has 2 nitrogen and oxygen atoms in total. The maximum absolute atomic E-state index is 9.76. The Bertz CT molecular complexity index is 236. The molecule has 15 heavy (non-hydrogen) atoms. The Kier molecular flexibility index (Phi) is 6.60. The quantitative estimate of drug-likeness (QED) is 0.683. The number of unbranched alkanes of at least 4 members (excludes halogenated alkanes) is 5. The van der Waals surface area contributed by atoms with Crippen LogP contribution in [0.4, 0.5) is 0 Å². The van der Waals surface area contributed by atoms with Crippen LogP contribution in [-0.4, -0.2) is 10.1 Å². The van der Waals surface area contributed by atoms with Gasteiger partial charge in [-0.1, -0.05) is 45.4 Å².